The zero-order valence-electron chi connectivity index (χ0n) is 11.5. The van der Waals surface area contributed by atoms with Crippen molar-refractivity contribution in [2.24, 2.45) is 5.92 Å². The summed E-state index contributed by atoms with van der Waals surface area (Å²) in [5, 5.41) is 14.6. The van der Waals surface area contributed by atoms with Crippen molar-refractivity contribution in [3.63, 3.8) is 0 Å². The molecule has 1 aliphatic heterocycles. The first-order valence-corrected chi connectivity index (χ1v) is 6.88. The van der Waals surface area contributed by atoms with Gasteiger partial charge >= 0.3 is 0 Å². The summed E-state index contributed by atoms with van der Waals surface area (Å²) < 4.78 is 0. The number of aromatic amines is 1. The first-order chi connectivity index (χ1) is 9.78. The van der Waals surface area contributed by atoms with Crippen LogP contribution in [-0.2, 0) is 6.54 Å². The summed E-state index contributed by atoms with van der Waals surface area (Å²) in [5.74, 6) is 0.404. The van der Waals surface area contributed by atoms with Gasteiger partial charge in [0.2, 0.25) is 0 Å². The molecular formula is C17H17N3. The molecule has 1 unspecified atom stereocenters. The molecule has 1 aromatic rings. The molecule has 20 heavy (non-hydrogen) atoms. The number of fused-ring (bicyclic) bond motifs is 3. The van der Waals surface area contributed by atoms with Gasteiger partial charge in [-0.05, 0) is 24.3 Å². The van der Waals surface area contributed by atoms with Gasteiger partial charge in [0.1, 0.15) is 0 Å². The lowest BCUT2D eigenvalue weighted by Crippen LogP contribution is -2.23. The van der Waals surface area contributed by atoms with Crippen molar-refractivity contribution in [1.29, 1.82) is 5.26 Å². The Balaban J connectivity index is 2.15. The quantitative estimate of drug-likeness (QED) is 0.748. The largest absolute Gasteiger partial charge is 0.386 e. The molecule has 1 aromatic heterocycles. The Morgan fingerprint density at radius 3 is 3.05 bits per heavy atom. The summed E-state index contributed by atoms with van der Waals surface area (Å²) in [6.07, 6.45) is 15.3. The van der Waals surface area contributed by atoms with E-state index in [1.807, 2.05) is 18.4 Å². The molecule has 3 heteroatoms. The minimum atomic E-state index is 0.404. The second kappa shape index (κ2) is 5.26. The number of nitriles is 1. The maximum absolute atomic E-state index is 9.02. The van der Waals surface area contributed by atoms with Crippen molar-refractivity contribution >= 4 is 18.2 Å². The third-order valence-corrected chi connectivity index (χ3v) is 3.67. The molecule has 2 aliphatic rings. The Labute approximate surface area is 118 Å². The third-order valence-electron chi connectivity index (χ3n) is 3.67. The van der Waals surface area contributed by atoms with Crippen LogP contribution in [0.3, 0.4) is 0 Å². The summed E-state index contributed by atoms with van der Waals surface area (Å²) in [4.78, 5) is 3.46. The van der Waals surface area contributed by atoms with E-state index in [1.165, 1.54) is 16.5 Å². The molecule has 0 aromatic carbocycles. The number of nitrogens with zero attached hydrogens (tertiary/aromatic N) is 1. The van der Waals surface area contributed by atoms with Crippen LogP contribution < -0.4 is 15.9 Å². The van der Waals surface area contributed by atoms with E-state index in [2.05, 4.69) is 47.6 Å². The fourth-order valence-corrected chi connectivity index (χ4v) is 2.53. The molecule has 0 spiro atoms. The van der Waals surface area contributed by atoms with Crippen LogP contribution in [0.1, 0.15) is 24.6 Å². The van der Waals surface area contributed by atoms with E-state index in [0.717, 1.165) is 17.5 Å². The van der Waals surface area contributed by atoms with E-state index in [-0.39, 0.29) is 0 Å². The van der Waals surface area contributed by atoms with E-state index in [1.54, 1.807) is 0 Å². The van der Waals surface area contributed by atoms with Gasteiger partial charge in [0.05, 0.1) is 12.6 Å². The van der Waals surface area contributed by atoms with Crippen LogP contribution in [0.4, 0.5) is 0 Å². The summed E-state index contributed by atoms with van der Waals surface area (Å²) in [5.41, 5.74) is 3.21. The summed E-state index contributed by atoms with van der Waals surface area (Å²) in [7, 11) is 0. The van der Waals surface area contributed by atoms with E-state index in [4.69, 9.17) is 5.26 Å². The Hall–Kier alpha value is -2.47. The minimum Gasteiger partial charge on any atom is -0.386 e. The van der Waals surface area contributed by atoms with Gasteiger partial charge in [-0.3, -0.25) is 0 Å². The van der Waals surface area contributed by atoms with Crippen molar-refractivity contribution in [1.82, 2.24) is 10.3 Å². The van der Waals surface area contributed by atoms with Crippen LogP contribution in [0.5, 0.6) is 0 Å². The predicted molar refractivity (Wildman–Crippen MR) is 81.5 cm³/mol. The summed E-state index contributed by atoms with van der Waals surface area (Å²) in [6.45, 7) is 2.95. The molecule has 2 N–H and O–H groups in total. The van der Waals surface area contributed by atoms with Crippen molar-refractivity contribution in [3.05, 3.63) is 51.8 Å². The van der Waals surface area contributed by atoms with Gasteiger partial charge in [-0.25, -0.2) is 0 Å². The molecular weight excluding hydrogens is 246 g/mol. The molecule has 0 bridgehead atoms. The smallest absolute Gasteiger partial charge is 0.0950 e. The normalized spacial score (nSPS) is 23.6. The maximum atomic E-state index is 9.02. The van der Waals surface area contributed by atoms with Gasteiger partial charge in [-0.1, -0.05) is 31.2 Å². The van der Waals surface area contributed by atoms with E-state index in [9.17, 15) is 0 Å². The summed E-state index contributed by atoms with van der Waals surface area (Å²) in [6, 6.07) is 2.23. The first kappa shape index (κ1) is 12.6. The molecule has 0 saturated heterocycles. The van der Waals surface area contributed by atoms with Crippen LogP contribution >= 0.6 is 0 Å². The van der Waals surface area contributed by atoms with Gasteiger partial charge in [0.15, 0.2) is 0 Å². The Bertz CT molecular complexity index is 766. The van der Waals surface area contributed by atoms with E-state index < -0.39 is 0 Å². The molecule has 3 nitrogen and oxygen atoms in total. The fraction of sp³-hybridized carbons (Fsp3) is 0.235. The topological polar surface area (TPSA) is 51.6 Å². The highest BCUT2D eigenvalue weighted by Crippen LogP contribution is 2.10. The monoisotopic (exact) mass is 263 g/mol. The molecule has 0 amide bonds. The Morgan fingerprint density at radius 1 is 1.30 bits per heavy atom. The van der Waals surface area contributed by atoms with Crippen LogP contribution in [0, 0.1) is 17.2 Å². The number of hydrogen-bond acceptors (Lipinski definition) is 2. The molecule has 1 aliphatic carbocycles. The zero-order chi connectivity index (χ0) is 13.9. The van der Waals surface area contributed by atoms with Gasteiger partial charge in [0, 0.05) is 33.8 Å². The highest BCUT2D eigenvalue weighted by Gasteiger charge is 2.09. The average molecular weight is 263 g/mol. The van der Waals surface area contributed by atoms with E-state index >= 15 is 0 Å². The lowest BCUT2D eigenvalue weighted by atomic mass is 10.1. The average Bonchev–Trinajstić information content (AvgIpc) is 2.69. The number of aromatic nitrogens is 1. The van der Waals surface area contributed by atoms with Crippen LogP contribution in [0.2, 0.25) is 0 Å². The number of rotatable bonds is 0. The molecule has 3 rings (SSSR count). The highest BCUT2D eigenvalue weighted by atomic mass is 14.9. The van der Waals surface area contributed by atoms with Crippen LogP contribution in [0.15, 0.2) is 30.0 Å². The number of hydrogen-bond donors (Lipinski definition) is 2. The van der Waals surface area contributed by atoms with Crippen molar-refractivity contribution in [2.45, 2.75) is 19.9 Å². The summed E-state index contributed by atoms with van der Waals surface area (Å²) >= 11 is 0. The Kier molecular flexibility index (Phi) is 3.30. The molecule has 0 fully saturated rings. The highest BCUT2D eigenvalue weighted by molar-refractivity contribution is 5.60. The van der Waals surface area contributed by atoms with E-state index in [0.29, 0.717) is 12.3 Å². The van der Waals surface area contributed by atoms with Crippen molar-refractivity contribution in [2.75, 3.05) is 0 Å². The molecule has 0 saturated carbocycles. The fourth-order valence-electron chi connectivity index (χ4n) is 2.53. The Morgan fingerprint density at radius 2 is 2.20 bits per heavy atom. The predicted octanol–water partition coefficient (Wildman–Crippen LogP) is 1.70. The zero-order valence-corrected chi connectivity index (χ0v) is 11.5. The lowest BCUT2D eigenvalue weighted by molar-refractivity contribution is 0.826. The maximum Gasteiger partial charge on any atom is 0.0950 e. The first-order valence-electron chi connectivity index (χ1n) is 6.88. The number of H-pyrrole nitrogens is 1. The second-order valence-corrected chi connectivity index (χ2v) is 5.18. The molecule has 100 valence electrons. The van der Waals surface area contributed by atoms with Gasteiger partial charge < -0.3 is 10.3 Å². The van der Waals surface area contributed by atoms with Crippen LogP contribution in [0.25, 0.3) is 18.2 Å². The van der Waals surface area contributed by atoms with Crippen molar-refractivity contribution < 1.29 is 0 Å². The van der Waals surface area contributed by atoms with Gasteiger partial charge in [-0.15, -0.1) is 0 Å². The van der Waals surface area contributed by atoms with Gasteiger partial charge in [-0.2, -0.15) is 5.26 Å². The van der Waals surface area contributed by atoms with Crippen LogP contribution in [-0.4, -0.2) is 4.98 Å². The molecule has 0 radical (unpaired) electrons. The standard InChI is InChI=1S/C17H17N3/c1-12-2-5-15-14-6-3-13(10-18)4-7-16(14)20-17(15)11-19-9-8-12/h2,4-9,12,19-20H,3,11H2,1H3/b5-2-,9-8-. The number of nitrogens with one attached hydrogen (secondary N) is 2. The second-order valence-electron chi connectivity index (χ2n) is 5.18. The van der Waals surface area contributed by atoms with Crippen molar-refractivity contribution in [3.8, 4) is 6.07 Å². The number of allylic oxidation sites excluding steroid dienone is 4. The van der Waals surface area contributed by atoms with Gasteiger partial charge in [0.25, 0.3) is 0 Å². The third kappa shape index (κ3) is 2.33. The SMILES string of the molecule is CC1/C=C\NCc2[nH]c3c(c2/C=C\1)=CCC(C#N)=CC=3. The molecule has 2 heterocycles. The minimum absolute atomic E-state index is 0.404. The molecule has 1 atom stereocenters. The lowest BCUT2D eigenvalue weighted by Gasteiger charge is -1.99.